The molecule has 8 nitrogen and oxygen atoms in total. The van der Waals surface area contributed by atoms with E-state index in [2.05, 4.69) is 0 Å². The maximum Gasteiger partial charge on any atom is 0.471 e. The lowest BCUT2D eigenvalue weighted by molar-refractivity contribution is -0.186. The van der Waals surface area contributed by atoms with E-state index < -0.39 is 35.3 Å². The van der Waals surface area contributed by atoms with Gasteiger partial charge in [0.15, 0.2) is 0 Å². The maximum absolute atomic E-state index is 15.7. The number of carbonyl (C=O) groups excluding carboxylic acids is 2. The molecule has 0 N–H and O–H groups in total. The van der Waals surface area contributed by atoms with Crippen LogP contribution in [0.3, 0.4) is 0 Å². The summed E-state index contributed by atoms with van der Waals surface area (Å²) in [5.41, 5.74) is 0.177. The third-order valence-corrected chi connectivity index (χ3v) is 6.92. The van der Waals surface area contributed by atoms with Crippen LogP contribution in [0.15, 0.2) is 17.1 Å². The van der Waals surface area contributed by atoms with Gasteiger partial charge in [0.1, 0.15) is 11.4 Å². The highest BCUT2D eigenvalue weighted by Gasteiger charge is 2.45. The number of fused-ring (bicyclic) bond motifs is 5. The Hall–Kier alpha value is -3.15. The zero-order valence-corrected chi connectivity index (χ0v) is 19.6. The van der Waals surface area contributed by atoms with E-state index in [0.29, 0.717) is 17.5 Å². The van der Waals surface area contributed by atoms with Gasteiger partial charge in [-0.3, -0.25) is 9.59 Å². The molecule has 1 saturated heterocycles. The summed E-state index contributed by atoms with van der Waals surface area (Å²) in [6, 6.07) is 0.499. The fraction of sp³-hybridized carbons (Fsp3) is 0.542. The number of pyridine rings is 1. The maximum atomic E-state index is 15.7. The first kappa shape index (κ1) is 24.5. The lowest BCUT2D eigenvalue weighted by Crippen LogP contribution is -2.58. The van der Waals surface area contributed by atoms with Crippen molar-refractivity contribution in [2.75, 3.05) is 37.7 Å². The van der Waals surface area contributed by atoms with Gasteiger partial charge in [0.05, 0.1) is 24.4 Å². The number of rotatable bonds is 3. The molecule has 0 bridgehead atoms. The molecule has 3 heterocycles. The highest BCUT2D eigenvalue weighted by molar-refractivity contribution is 5.96. The van der Waals surface area contributed by atoms with E-state index in [1.807, 2.05) is 0 Å². The van der Waals surface area contributed by atoms with Crippen LogP contribution < -0.4 is 10.3 Å². The van der Waals surface area contributed by atoms with Gasteiger partial charge in [-0.2, -0.15) is 13.2 Å². The first-order valence-corrected chi connectivity index (χ1v) is 11.9. The summed E-state index contributed by atoms with van der Waals surface area (Å²) in [6.45, 7) is 1.42. The van der Waals surface area contributed by atoms with Crippen LogP contribution in [0.5, 0.6) is 0 Å². The Labute approximate surface area is 203 Å². The first-order chi connectivity index (χ1) is 17.1. The fourth-order valence-electron chi connectivity index (χ4n) is 5.15. The minimum absolute atomic E-state index is 0.00349. The van der Waals surface area contributed by atoms with Gasteiger partial charge in [-0.15, -0.1) is 0 Å². The Bertz CT molecular complexity index is 1290. The van der Waals surface area contributed by atoms with Gasteiger partial charge >= 0.3 is 18.1 Å². The van der Waals surface area contributed by atoms with E-state index in [9.17, 15) is 27.6 Å². The lowest BCUT2D eigenvalue weighted by Gasteiger charge is -2.44. The molecular formula is C24H25F4N3O5. The van der Waals surface area contributed by atoms with Crippen LogP contribution >= 0.6 is 0 Å². The fourth-order valence-corrected chi connectivity index (χ4v) is 5.15. The number of hydrogen-bond acceptors (Lipinski definition) is 6. The van der Waals surface area contributed by atoms with Gasteiger partial charge in [-0.05, 0) is 32.3 Å². The van der Waals surface area contributed by atoms with Gasteiger partial charge in [-0.25, -0.2) is 9.18 Å². The average molecular weight is 511 g/mol. The molecule has 3 aliphatic rings. The molecule has 1 saturated carbocycles. The first-order valence-electron chi connectivity index (χ1n) is 11.9. The standard InChI is InChI=1S/C24H25F4N3O5/c1-2-36-22(33)16-11-31(13-3-4-13)19-15(21(16)32)9-18(25)20-17(19)12-35-8-5-14-10-29(6-7-30(14)20)23(34)24(26,27)28/h9,11,13-14H,2-8,10,12H2,1H3/t14-/m1/s1. The van der Waals surface area contributed by atoms with Crippen molar-refractivity contribution >= 4 is 28.5 Å². The lowest BCUT2D eigenvalue weighted by atomic mass is 9.99. The summed E-state index contributed by atoms with van der Waals surface area (Å²) in [5, 5.41) is 0.0234. The summed E-state index contributed by atoms with van der Waals surface area (Å²) < 4.78 is 67.4. The number of carbonyl (C=O) groups is 2. The second kappa shape index (κ2) is 9.06. The zero-order chi connectivity index (χ0) is 25.8. The number of esters is 1. The molecule has 2 aliphatic heterocycles. The molecule has 1 amide bonds. The predicted octanol–water partition coefficient (Wildman–Crippen LogP) is 3.15. The minimum atomic E-state index is -4.99. The number of ether oxygens (including phenoxy) is 2. The quantitative estimate of drug-likeness (QED) is 0.465. The number of benzene rings is 1. The smallest absolute Gasteiger partial charge is 0.462 e. The van der Waals surface area contributed by atoms with Gasteiger partial charge in [0.2, 0.25) is 5.43 Å². The van der Waals surface area contributed by atoms with Gasteiger partial charge in [0, 0.05) is 55.5 Å². The Morgan fingerprint density at radius 2 is 1.92 bits per heavy atom. The molecule has 36 heavy (non-hydrogen) atoms. The number of nitrogens with zero attached hydrogens (tertiary/aromatic N) is 3. The molecule has 5 rings (SSSR count). The predicted molar refractivity (Wildman–Crippen MR) is 120 cm³/mol. The summed E-state index contributed by atoms with van der Waals surface area (Å²) in [5.74, 6) is -3.44. The van der Waals surface area contributed by atoms with Gasteiger partial charge in [0.25, 0.3) is 0 Å². The topological polar surface area (TPSA) is 81.1 Å². The molecule has 2 aromatic rings. The highest BCUT2D eigenvalue weighted by Crippen LogP contribution is 2.42. The van der Waals surface area contributed by atoms with Crippen molar-refractivity contribution in [2.45, 2.75) is 51.1 Å². The second-order valence-electron chi connectivity index (χ2n) is 9.25. The zero-order valence-electron chi connectivity index (χ0n) is 19.6. The Balaban J connectivity index is 1.65. The molecular weight excluding hydrogens is 486 g/mol. The Kier molecular flexibility index (Phi) is 6.17. The van der Waals surface area contributed by atoms with Crippen molar-refractivity contribution in [3.05, 3.63) is 39.4 Å². The van der Waals surface area contributed by atoms with Crippen LogP contribution in [-0.2, 0) is 20.9 Å². The van der Waals surface area contributed by atoms with Crippen molar-refractivity contribution in [1.82, 2.24) is 9.47 Å². The van der Waals surface area contributed by atoms with Crippen molar-refractivity contribution in [3.63, 3.8) is 0 Å². The van der Waals surface area contributed by atoms with Crippen LogP contribution in [0, 0.1) is 5.82 Å². The minimum Gasteiger partial charge on any atom is -0.462 e. The highest BCUT2D eigenvalue weighted by atomic mass is 19.4. The van der Waals surface area contributed by atoms with Gasteiger partial charge in [-0.1, -0.05) is 0 Å². The van der Waals surface area contributed by atoms with E-state index >= 15 is 4.39 Å². The number of amides is 1. The third kappa shape index (κ3) is 4.21. The second-order valence-corrected chi connectivity index (χ2v) is 9.25. The number of aromatic nitrogens is 1. The Morgan fingerprint density at radius 1 is 1.17 bits per heavy atom. The van der Waals surface area contributed by atoms with Crippen LogP contribution in [-0.4, -0.2) is 66.4 Å². The van der Waals surface area contributed by atoms with Crippen molar-refractivity contribution in [1.29, 1.82) is 0 Å². The molecule has 1 aromatic heterocycles. The van der Waals surface area contributed by atoms with Crippen molar-refractivity contribution < 1.29 is 36.6 Å². The summed E-state index contributed by atoms with van der Waals surface area (Å²) in [4.78, 5) is 40.0. The van der Waals surface area contributed by atoms with Crippen molar-refractivity contribution in [2.24, 2.45) is 0 Å². The van der Waals surface area contributed by atoms with E-state index in [4.69, 9.17) is 9.47 Å². The molecule has 12 heteroatoms. The molecule has 2 fully saturated rings. The monoisotopic (exact) mass is 511 g/mol. The van der Waals surface area contributed by atoms with E-state index in [1.54, 1.807) is 16.4 Å². The van der Waals surface area contributed by atoms with Crippen molar-refractivity contribution in [3.8, 4) is 0 Å². The molecule has 1 aliphatic carbocycles. The SMILES string of the molecule is CCOC(=O)c1cn(C2CC2)c2c3c(c(F)cc2c1=O)N1CCN(C(=O)C(F)(F)F)C[C@H]1CCOC3. The van der Waals surface area contributed by atoms with Crippen LogP contribution in [0.2, 0.25) is 0 Å². The van der Waals surface area contributed by atoms with E-state index in [-0.39, 0.29) is 62.1 Å². The number of anilines is 1. The molecule has 0 unspecified atom stereocenters. The largest absolute Gasteiger partial charge is 0.471 e. The van der Waals surface area contributed by atoms with Crippen LogP contribution in [0.1, 0.15) is 48.1 Å². The molecule has 0 spiro atoms. The normalized spacial score (nSPS) is 20.4. The van der Waals surface area contributed by atoms with Crippen LogP contribution in [0.25, 0.3) is 10.9 Å². The van der Waals surface area contributed by atoms with E-state index in [0.717, 1.165) is 23.8 Å². The summed E-state index contributed by atoms with van der Waals surface area (Å²) >= 11 is 0. The number of alkyl halides is 3. The van der Waals surface area contributed by atoms with Gasteiger partial charge < -0.3 is 23.8 Å². The molecule has 1 aromatic carbocycles. The van der Waals surface area contributed by atoms with E-state index in [1.165, 1.54) is 6.20 Å². The van der Waals surface area contributed by atoms with Crippen LogP contribution in [0.4, 0.5) is 23.2 Å². The Morgan fingerprint density at radius 3 is 2.58 bits per heavy atom. The number of piperazine rings is 1. The summed E-state index contributed by atoms with van der Waals surface area (Å²) in [7, 11) is 0. The summed E-state index contributed by atoms with van der Waals surface area (Å²) in [6.07, 6.45) is -1.61. The molecule has 1 atom stereocenters. The number of halogens is 4. The molecule has 0 radical (unpaired) electrons. The third-order valence-electron chi connectivity index (χ3n) is 6.92. The average Bonchev–Trinajstić information content (AvgIpc) is 3.65. The number of hydrogen-bond donors (Lipinski definition) is 0. The molecule has 194 valence electrons.